The second-order valence-corrected chi connectivity index (χ2v) is 6.47. The Kier molecular flexibility index (Phi) is 5.75. The smallest absolute Gasteiger partial charge is 0.244 e. The van der Waals surface area contributed by atoms with Gasteiger partial charge in [-0.25, -0.2) is 0 Å². The van der Waals surface area contributed by atoms with Gasteiger partial charge in [-0.15, -0.1) is 0 Å². The van der Waals surface area contributed by atoms with E-state index in [2.05, 4.69) is 31.5 Å². The van der Waals surface area contributed by atoms with E-state index in [1.165, 1.54) is 0 Å². The molecule has 0 aromatic heterocycles. The summed E-state index contributed by atoms with van der Waals surface area (Å²) in [6.45, 7) is 7.33. The standard InChI is InChI=1S/C15H23BrN4O/c1-15(17,12-2-4-13(16)5-3-12)14(21)19-8-11-20-9-6-18-7-10-20/h2-5,18H,6-11,17H2,1H3,(H,19,21). The number of nitrogens with zero attached hydrogens (tertiary/aromatic N) is 1. The summed E-state index contributed by atoms with van der Waals surface area (Å²) in [5.41, 5.74) is 6.00. The third-order valence-corrected chi connectivity index (χ3v) is 4.37. The topological polar surface area (TPSA) is 70.4 Å². The summed E-state index contributed by atoms with van der Waals surface area (Å²) in [6, 6.07) is 7.54. The molecule has 1 amide bonds. The van der Waals surface area contributed by atoms with Crippen molar-refractivity contribution in [3.63, 3.8) is 0 Å². The third-order valence-electron chi connectivity index (χ3n) is 3.84. The number of nitrogens with one attached hydrogen (secondary N) is 2. The molecule has 4 N–H and O–H groups in total. The third kappa shape index (κ3) is 4.51. The predicted molar refractivity (Wildman–Crippen MR) is 88.0 cm³/mol. The van der Waals surface area contributed by atoms with Crippen LogP contribution in [0.1, 0.15) is 12.5 Å². The lowest BCUT2D eigenvalue weighted by Gasteiger charge is -2.28. The number of rotatable bonds is 5. The molecule has 1 aromatic carbocycles. The van der Waals surface area contributed by atoms with Crippen molar-refractivity contribution in [3.8, 4) is 0 Å². The summed E-state index contributed by atoms with van der Waals surface area (Å²) in [6.07, 6.45) is 0. The fourth-order valence-electron chi connectivity index (χ4n) is 2.37. The quantitative estimate of drug-likeness (QED) is 0.725. The Morgan fingerprint density at radius 1 is 1.38 bits per heavy atom. The van der Waals surface area contributed by atoms with Crippen molar-refractivity contribution < 1.29 is 4.79 Å². The van der Waals surface area contributed by atoms with Crippen molar-refractivity contribution in [2.75, 3.05) is 39.3 Å². The first-order chi connectivity index (χ1) is 10.00. The Morgan fingerprint density at radius 3 is 2.62 bits per heavy atom. The van der Waals surface area contributed by atoms with Crippen molar-refractivity contribution in [1.29, 1.82) is 0 Å². The SMILES string of the molecule is CC(N)(C(=O)NCCN1CCNCC1)c1ccc(Br)cc1. The molecule has 1 atom stereocenters. The minimum Gasteiger partial charge on any atom is -0.353 e. The molecule has 6 heteroatoms. The van der Waals surface area contributed by atoms with E-state index in [1.807, 2.05) is 24.3 Å². The first-order valence-electron chi connectivity index (χ1n) is 7.26. The molecule has 1 unspecified atom stereocenters. The first-order valence-corrected chi connectivity index (χ1v) is 8.06. The Labute approximate surface area is 134 Å². The van der Waals surface area contributed by atoms with Gasteiger partial charge in [0.1, 0.15) is 5.54 Å². The van der Waals surface area contributed by atoms with Crippen LogP contribution in [0.5, 0.6) is 0 Å². The van der Waals surface area contributed by atoms with Gasteiger partial charge >= 0.3 is 0 Å². The highest BCUT2D eigenvalue weighted by Gasteiger charge is 2.30. The lowest BCUT2D eigenvalue weighted by molar-refractivity contribution is -0.126. The summed E-state index contributed by atoms with van der Waals surface area (Å²) in [4.78, 5) is 14.7. The van der Waals surface area contributed by atoms with Crippen LogP contribution in [-0.2, 0) is 10.3 Å². The second-order valence-electron chi connectivity index (χ2n) is 5.56. The molecule has 5 nitrogen and oxygen atoms in total. The molecule has 21 heavy (non-hydrogen) atoms. The minimum atomic E-state index is -1.01. The van der Waals surface area contributed by atoms with E-state index in [1.54, 1.807) is 6.92 Å². The number of hydrogen-bond acceptors (Lipinski definition) is 4. The van der Waals surface area contributed by atoms with Crippen LogP contribution in [0, 0.1) is 0 Å². The van der Waals surface area contributed by atoms with Crippen molar-refractivity contribution in [2.45, 2.75) is 12.5 Å². The molecule has 0 radical (unpaired) electrons. The molecule has 0 aliphatic carbocycles. The molecule has 0 saturated carbocycles. The molecule has 1 aliphatic heterocycles. The van der Waals surface area contributed by atoms with Crippen LogP contribution >= 0.6 is 15.9 Å². The number of nitrogens with two attached hydrogens (primary N) is 1. The van der Waals surface area contributed by atoms with Crippen LogP contribution in [0.3, 0.4) is 0 Å². The maximum atomic E-state index is 12.3. The van der Waals surface area contributed by atoms with Crippen LogP contribution in [0.25, 0.3) is 0 Å². The van der Waals surface area contributed by atoms with Crippen molar-refractivity contribution in [2.24, 2.45) is 5.73 Å². The summed E-state index contributed by atoms with van der Waals surface area (Å²) in [5, 5.41) is 6.26. The average Bonchev–Trinajstić information content (AvgIpc) is 2.48. The van der Waals surface area contributed by atoms with Gasteiger partial charge in [0.25, 0.3) is 0 Å². The summed E-state index contributed by atoms with van der Waals surface area (Å²) in [5.74, 6) is -0.139. The van der Waals surface area contributed by atoms with Crippen molar-refractivity contribution >= 4 is 21.8 Å². The van der Waals surface area contributed by atoms with Gasteiger partial charge in [-0.1, -0.05) is 28.1 Å². The highest BCUT2D eigenvalue weighted by atomic mass is 79.9. The number of piperazine rings is 1. The fourth-order valence-corrected chi connectivity index (χ4v) is 2.64. The van der Waals surface area contributed by atoms with Gasteiger partial charge in [-0.05, 0) is 24.6 Å². The highest BCUT2D eigenvalue weighted by molar-refractivity contribution is 9.10. The van der Waals surface area contributed by atoms with E-state index in [-0.39, 0.29) is 5.91 Å². The molecule has 0 bridgehead atoms. The number of halogens is 1. The van der Waals surface area contributed by atoms with Crippen LogP contribution in [0.2, 0.25) is 0 Å². The van der Waals surface area contributed by atoms with E-state index < -0.39 is 5.54 Å². The monoisotopic (exact) mass is 354 g/mol. The van der Waals surface area contributed by atoms with Crippen molar-refractivity contribution in [1.82, 2.24) is 15.5 Å². The van der Waals surface area contributed by atoms with Gasteiger partial charge < -0.3 is 16.4 Å². The van der Waals surface area contributed by atoms with Crippen molar-refractivity contribution in [3.05, 3.63) is 34.3 Å². The molecule has 0 spiro atoms. The largest absolute Gasteiger partial charge is 0.353 e. The van der Waals surface area contributed by atoms with Gasteiger partial charge in [-0.3, -0.25) is 9.69 Å². The molecule has 1 fully saturated rings. The van der Waals surface area contributed by atoms with Crippen LogP contribution in [0.4, 0.5) is 0 Å². The first kappa shape index (κ1) is 16.4. The Balaban J connectivity index is 1.84. The summed E-state index contributed by atoms with van der Waals surface area (Å²) >= 11 is 3.38. The number of benzene rings is 1. The van der Waals surface area contributed by atoms with Gasteiger partial charge in [0, 0.05) is 43.7 Å². The van der Waals surface area contributed by atoms with E-state index >= 15 is 0 Å². The number of carbonyl (C=O) groups excluding carboxylic acids is 1. The molecule has 1 heterocycles. The zero-order valence-electron chi connectivity index (χ0n) is 12.4. The van der Waals surface area contributed by atoms with Gasteiger partial charge in [0.15, 0.2) is 0 Å². The van der Waals surface area contributed by atoms with Crippen LogP contribution in [-0.4, -0.2) is 50.1 Å². The maximum absolute atomic E-state index is 12.3. The van der Waals surface area contributed by atoms with E-state index in [0.29, 0.717) is 6.54 Å². The van der Waals surface area contributed by atoms with Gasteiger partial charge in [0.05, 0.1) is 0 Å². The summed E-state index contributed by atoms with van der Waals surface area (Å²) in [7, 11) is 0. The zero-order valence-corrected chi connectivity index (χ0v) is 13.9. The summed E-state index contributed by atoms with van der Waals surface area (Å²) < 4.78 is 0.973. The average molecular weight is 355 g/mol. The number of amides is 1. The number of hydrogen-bond donors (Lipinski definition) is 3. The highest BCUT2D eigenvalue weighted by Crippen LogP contribution is 2.20. The Bertz CT molecular complexity index is 469. The normalized spacial score (nSPS) is 19.0. The maximum Gasteiger partial charge on any atom is 0.244 e. The lowest BCUT2D eigenvalue weighted by Crippen LogP contribution is -2.51. The van der Waals surface area contributed by atoms with Gasteiger partial charge in [0.2, 0.25) is 5.91 Å². The van der Waals surface area contributed by atoms with E-state index in [0.717, 1.165) is 42.8 Å². The van der Waals surface area contributed by atoms with Gasteiger partial charge in [-0.2, -0.15) is 0 Å². The minimum absolute atomic E-state index is 0.139. The Morgan fingerprint density at radius 2 is 2.00 bits per heavy atom. The molecule has 116 valence electrons. The zero-order chi connectivity index (χ0) is 15.3. The second kappa shape index (κ2) is 7.35. The predicted octanol–water partition coefficient (Wildman–Crippen LogP) is 0.644. The van der Waals surface area contributed by atoms with E-state index in [9.17, 15) is 4.79 Å². The molecule has 1 saturated heterocycles. The molecule has 1 aliphatic rings. The van der Waals surface area contributed by atoms with Crippen LogP contribution < -0.4 is 16.4 Å². The lowest BCUT2D eigenvalue weighted by atomic mass is 9.92. The van der Waals surface area contributed by atoms with Crippen LogP contribution in [0.15, 0.2) is 28.7 Å². The molecular formula is C15H23BrN4O. The fraction of sp³-hybridized carbons (Fsp3) is 0.533. The Hall–Kier alpha value is -0.950. The number of carbonyl (C=O) groups is 1. The van der Waals surface area contributed by atoms with E-state index in [4.69, 9.17) is 5.73 Å². The molecule has 2 rings (SSSR count). The molecular weight excluding hydrogens is 332 g/mol. The molecule has 1 aromatic rings.